The van der Waals surface area contributed by atoms with Crippen LogP contribution >= 0.6 is 22.6 Å². The number of halogens is 1. The van der Waals surface area contributed by atoms with Gasteiger partial charge in [-0.3, -0.25) is 4.79 Å². The summed E-state index contributed by atoms with van der Waals surface area (Å²) < 4.78 is 22.8. The van der Waals surface area contributed by atoms with Crippen molar-refractivity contribution >= 4 is 38.2 Å². The third-order valence-electron chi connectivity index (χ3n) is 1.74. The fraction of sp³-hybridized carbons (Fsp3) is 0.300. The third kappa shape index (κ3) is 5.27. The summed E-state index contributed by atoms with van der Waals surface area (Å²) in [5, 5.41) is 0. The number of ketones is 1. The molecule has 0 aliphatic rings. The molecule has 1 aromatic carbocycles. The predicted molar refractivity (Wildman–Crippen MR) is 67.6 cm³/mol. The van der Waals surface area contributed by atoms with Gasteiger partial charge in [0.05, 0.1) is 0 Å². The van der Waals surface area contributed by atoms with Gasteiger partial charge in [-0.15, -0.1) is 0 Å². The van der Waals surface area contributed by atoms with Crippen LogP contribution in [0, 0.1) is 3.57 Å². The first kappa shape index (κ1) is 12.6. The zero-order valence-corrected chi connectivity index (χ0v) is 11.2. The lowest BCUT2D eigenvalue weighted by Crippen LogP contribution is -2.16. The lowest BCUT2D eigenvalue weighted by atomic mass is 10.1. The Kier molecular flexibility index (Phi) is 4.27. The zero-order valence-electron chi connectivity index (χ0n) is 8.23. The summed E-state index contributed by atoms with van der Waals surface area (Å²) in [6, 6.07) is 7.46. The largest absolute Gasteiger partial charge is 0.298 e. The van der Waals surface area contributed by atoms with Gasteiger partial charge in [-0.05, 0) is 40.3 Å². The Morgan fingerprint density at radius 2 is 1.80 bits per heavy atom. The van der Waals surface area contributed by atoms with Crippen molar-refractivity contribution in [3.8, 4) is 0 Å². The molecule has 0 fully saturated rings. The van der Waals surface area contributed by atoms with Crippen LogP contribution in [0.15, 0.2) is 24.3 Å². The van der Waals surface area contributed by atoms with E-state index in [4.69, 9.17) is 0 Å². The Labute approximate surface area is 103 Å². The molecule has 3 nitrogen and oxygen atoms in total. The Balaban J connectivity index is 2.63. The van der Waals surface area contributed by atoms with Crippen molar-refractivity contribution in [2.45, 2.75) is 6.42 Å². The number of rotatable bonds is 4. The van der Waals surface area contributed by atoms with Gasteiger partial charge in [-0.2, -0.15) is 0 Å². The average Bonchev–Trinajstić information content (AvgIpc) is 2.05. The maximum atomic E-state index is 11.3. The van der Waals surface area contributed by atoms with E-state index in [9.17, 15) is 13.2 Å². The van der Waals surface area contributed by atoms with Gasteiger partial charge in [-0.25, -0.2) is 8.42 Å². The molecular formula is C10H11IO3S. The third-order valence-corrected chi connectivity index (χ3v) is 3.30. The van der Waals surface area contributed by atoms with Crippen molar-refractivity contribution in [1.82, 2.24) is 0 Å². The molecule has 0 spiro atoms. The number of benzene rings is 1. The van der Waals surface area contributed by atoms with Crippen LogP contribution in [0.3, 0.4) is 0 Å². The van der Waals surface area contributed by atoms with Gasteiger partial charge < -0.3 is 0 Å². The minimum Gasteiger partial charge on any atom is -0.298 e. The summed E-state index contributed by atoms with van der Waals surface area (Å²) in [6.07, 6.45) is 1.25. The van der Waals surface area contributed by atoms with Crippen LogP contribution in [0.4, 0.5) is 0 Å². The smallest absolute Gasteiger partial charge is 0.154 e. The van der Waals surface area contributed by atoms with E-state index in [1.807, 2.05) is 24.3 Å². The summed E-state index contributed by atoms with van der Waals surface area (Å²) in [5.74, 6) is -0.641. The van der Waals surface area contributed by atoms with Crippen LogP contribution < -0.4 is 0 Å². The van der Waals surface area contributed by atoms with Gasteiger partial charge >= 0.3 is 0 Å². The summed E-state index contributed by atoms with van der Waals surface area (Å²) in [5.41, 5.74) is 0.851. The number of hydrogen-bond acceptors (Lipinski definition) is 3. The van der Waals surface area contributed by atoms with Crippen molar-refractivity contribution in [3.05, 3.63) is 33.4 Å². The van der Waals surface area contributed by atoms with E-state index >= 15 is 0 Å². The second-order valence-electron chi connectivity index (χ2n) is 3.41. The molecule has 0 aliphatic heterocycles. The summed E-state index contributed by atoms with van der Waals surface area (Å²) >= 11 is 2.17. The molecule has 1 rings (SSSR count). The highest BCUT2D eigenvalue weighted by Gasteiger charge is 2.11. The molecule has 0 aromatic heterocycles. The summed E-state index contributed by atoms with van der Waals surface area (Å²) in [4.78, 5) is 11.3. The van der Waals surface area contributed by atoms with Crippen molar-refractivity contribution in [2.24, 2.45) is 0 Å². The first-order chi connectivity index (χ1) is 6.87. The van der Waals surface area contributed by atoms with E-state index in [0.29, 0.717) is 0 Å². The summed E-state index contributed by atoms with van der Waals surface area (Å²) in [6.45, 7) is 0. The van der Waals surface area contributed by atoms with Crippen molar-refractivity contribution in [2.75, 3.05) is 12.0 Å². The SMILES string of the molecule is CS(=O)(=O)CC(=O)Cc1ccc(I)cc1. The molecular weight excluding hydrogens is 327 g/mol. The minimum absolute atomic E-state index is 0.185. The van der Waals surface area contributed by atoms with Crippen LogP contribution in [0.5, 0.6) is 0 Å². The van der Waals surface area contributed by atoms with E-state index in [2.05, 4.69) is 22.6 Å². The van der Waals surface area contributed by atoms with Gasteiger partial charge in [-0.1, -0.05) is 12.1 Å². The van der Waals surface area contributed by atoms with Gasteiger partial charge in [0.1, 0.15) is 5.75 Å². The van der Waals surface area contributed by atoms with Crippen LogP contribution in [0.2, 0.25) is 0 Å². The first-order valence-corrected chi connectivity index (χ1v) is 7.44. The highest BCUT2D eigenvalue weighted by molar-refractivity contribution is 14.1. The van der Waals surface area contributed by atoms with E-state index in [1.165, 1.54) is 0 Å². The maximum Gasteiger partial charge on any atom is 0.154 e. The molecule has 82 valence electrons. The predicted octanol–water partition coefficient (Wildman–Crippen LogP) is 1.45. The van der Waals surface area contributed by atoms with Gasteiger partial charge in [0.25, 0.3) is 0 Å². The Morgan fingerprint density at radius 3 is 2.27 bits per heavy atom. The monoisotopic (exact) mass is 338 g/mol. The maximum absolute atomic E-state index is 11.3. The molecule has 0 unspecified atom stereocenters. The molecule has 0 radical (unpaired) electrons. The topological polar surface area (TPSA) is 51.2 Å². The number of carbonyl (C=O) groups excluding carboxylic acids is 1. The Bertz CT molecular complexity index is 448. The second-order valence-corrected chi connectivity index (χ2v) is 6.80. The molecule has 0 atom stereocenters. The molecule has 0 heterocycles. The Hall–Kier alpha value is -0.430. The standard InChI is InChI=1S/C10H11IO3S/c1-15(13,14)7-10(12)6-8-2-4-9(11)5-3-8/h2-5H,6-7H2,1H3. The highest BCUT2D eigenvalue weighted by atomic mass is 127. The fourth-order valence-electron chi connectivity index (χ4n) is 1.17. The van der Waals surface area contributed by atoms with Crippen LogP contribution in [0.1, 0.15) is 5.56 Å². The fourth-order valence-corrected chi connectivity index (χ4v) is 2.22. The van der Waals surface area contributed by atoms with Crippen molar-refractivity contribution < 1.29 is 13.2 Å². The first-order valence-electron chi connectivity index (χ1n) is 4.31. The number of carbonyl (C=O) groups is 1. The quantitative estimate of drug-likeness (QED) is 0.781. The van der Waals surface area contributed by atoms with Gasteiger partial charge in [0.15, 0.2) is 15.6 Å². The van der Waals surface area contributed by atoms with E-state index in [1.54, 1.807) is 0 Å². The van der Waals surface area contributed by atoms with Crippen LogP contribution in [-0.4, -0.2) is 26.2 Å². The molecule has 0 N–H and O–H groups in total. The number of sulfone groups is 1. The highest BCUT2D eigenvalue weighted by Crippen LogP contribution is 2.07. The molecule has 0 bridgehead atoms. The lowest BCUT2D eigenvalue weighted by molar-refractivity contribution is -0.116. The van der Waals surface area contributed by atoms with Crippen molar-refractivity contribution in [3.63, 3.8) is 0 Å². The van der Waals surface area contributed by atoms with E-state index in [0.717, 1.165) is 15.4 Å². The summed E-state index contributed by atoms with van der Waals surface area (Å²) in [7, 11) is -3.20. The van der Waals surface area contributed by atoms with Crippen LogP contribution in [0.25, 0.3) is 0 Å². The van der Waals surface area contributed by atoms with Gasteiger partial charge in [0.2, 0.25) is 0 Å². The average molecular weight is 338 g/mol. The molecule has 15 heavy (non-hydrogen) atoms. The van der Waals surface area contributed by atoms with E-state index < -0.39 is 9.84 Å². The normalized spacial score (nSPS) is 11.3. The van der Waals surface area contributed by atoms with Crippen molar-refractivity contribution in [1.29, 1.82) is 0 Å². The zero-order chi connectivity index (χ0) is 11.5. The molecule has 0 aliphatic carbocycles. The molecule has 1 aromatic rings. The van der Waals surface area contributed by atoms with Gasteiger partial charge in [0, 0.05) is 16.2 Å². The minimum atomic E-state index is -3.20. The molecule has 0 saturated carbocycles. The van der Waals surface area contributed by atoms with E-state index in [-0.39, 0.29) is 18.0 Å². The Morgan fingerprint density at radius 1 is 1.27 bits per heavy atom. The molecule has 0 saturated heterocycles. The number of Topliss-reactive ketones (excluding diaryl/α,β-unsaturated/α-hetero) is 1. The number of hydrogen-bond donors (Lipinski definition) is 0. The molecule has 5 heteroatoms. The lowest BCUT2D eigenvalue weighted by Gasteiger charge is -2.00. The second kappa shape index (κ2) is 5.07. The molecule has 0 amide bonds. The van der Waals surface area contributed by atoms with Crippen LogP contribution in [-0.2, 0) is 21.1 Å².